The van der Waals surface area contributed by atoms with Gasteiger partial charge in [0.25, 0.3) is 11.8 Å². The van der Waals surface area contributed by atoms with E-state index in [-0.39, 0.29) is 22.9 Å². The molecule has 0 radical (unpaired) electrons. The van der Waals surface area contributed by atoms with Gasteiger partial charge in [0, 0.05) is 22.7 Å². The SMILES string of the molecule is CC1Oc2ccc(NC(=O)c3cccc(S(=O)(=O)NCc4cccs4)c3)cc2NC1=O. The van der Waals surface area contributed by atoms with Crippen LogP contribution >= 0.6 is 11.3 Å². The monoisotopic (exact) mass is 457 g/mol. The van der Waals surface area contributed by atoms with Gasteiger partial charge in [0.2, 0.25) is 10.0 Å². The molecule has 0 aliphatic carbocycles. The second kappa shape index (κ2) is 8.50. The Morgan fingerprint density at radius 1 is 1.16 bits per heavy atom. The molecule has 1 aliphatic heterocycles. The molecule has 0 saturated heterocycles. The molecule has 3 aromatic rings. The number of nitrogens with one attached hydrogen (secondary N) is 3. The summed E-state index contributed by atoms with van der Waals surface area (Å²) in [6.45, 7) is 1.82. The Kier molecular flexibility index (Phi) is 5.77. The second-order valence-corrected chi connectivity index (χ2v) is 9.65. The molecule has 160 valence electrons. The van der Waals surface area contributed by atoms with E-state index in [0.717, 1.165) is 4.88 Å². The van der Waals surface area contributed by atoms with Crippen LogP contribution in [0.4, 0.5) is 11.4 Å². The van der Waals surface area contributed by atoms with Gasteiger partial charge in [0.1, 0.15) is 5.75 Å². The maximum Gasteiger partial charge on any atom is 0.265 e. The summed E-state index contributed by atoms with van der Waals surface area (Å²) in [6.07, 6.45) is -0.592. The first kappa shape index (κ1) is 21.0. The van der Waals surface area contributed by atoms with Gasteiger partial charge in [0.15, 0.2) is 6.10 Å². The average molecular weight is 458 g/mol. The van der Waals surface area contributed by atoms with Crippen molar-refractivity contribution in [3.05, 3.63) is 70.4 Å². The number of hydrogen-bond donors (Lipinski definition) is 3. The fourth-order valence-electron chi connectivity index (χ4n) is 2.96. The first-order valence-electron chi connectivity index (χ1n) is 9.37. The Hall–Kier alpha value is -3.21. The fourth-order valence-corrected chi connectivity index (χ4v) is 4.74. The quantitative estimate of drug-likeness (QED) is 0.526. The number of thiophene rings is 1. The van der Waals surface area contributed by atoms with E-state index in [0.29, 0.717) is 17.1 Å². The van der Waals surface area contributed by atoms with Gasteiger partial charge < -0.3 is 15.4 Å². The average Bonchev–Trinajstić information content (AvgIpc) is 3.27. The summed E-state index contributed by atoms with van der Waals surface area (Å²) >= 11 is 1.45. The lowest BCUT2D eigenvalue weighted by Gasteiger charge is -2.23. The third-order valence-electron chi connectivity index (χ3n) is 4.59. The third-order valence-corrected chi connectivity index (χ3v) is 6.87. The number of ether oxygens (including phenoxy) is 1. The topological polar surface area (TPSA) is 114 Å². The summed E-state index contributed by atoms with van der Waals surface area (Å²) in [4.78, 5) is 25.3. The zero-order valence-electron chi connectivity index (χ0n) is 16.4. The van der Waals surface area contributed by atoms with E-state index in [2.05, 4.69) is 15.4 Å². The minimum Gasteiger partial charge on any atom is -0.479 e. The van der Waals surface area contributed by atoms with E-state index in [4.69, 9.17) is 4.74 Å². The Bertz CT molecular complexity index is 1240. The molecule has 1 aliphatic rings. The van der Waals surface area contributed by atoms with E-state index in [1.54, 1.807) is 25.1 Å². The van der Waals surface area contributed by atoms with Crippen LogP contribution in [0, 0.1) is 0 Å². The summed E-state index contributed by atoms with van der Waals surface area (Å²) in [7, 11) is -3.78. The highest BCUT2D eigenvalue weighted by Crippen LogP contribution is 2.32. The van der Waals surface area contributed by atoms with Gasteiger partial charge in [0.05, 0.1) is 10.6 Å². The maximum absolute atomic E-state index is 12.7. The summed E-state index contributed by atoms with van der Waals surface area (Å²) in [5, 5.41) is 7.29. The number of benzene rings is 2. The Morgan fingerprint density at radius 2 is 2.00 bits per heavy atom. The molecule has 0 bridgehead atoms. The molecule has 8 nitrogen and oxygen atoms in total. The molecule has 31 heavy (non-hydrogen) atoms. The van der Waals surface area contributed by atoms with E-state index in [1.807, 2.05) is 17.5 Å². The Labute approximate surface area is 183 Å². The van der Waals surface area contributed by atoms with Gasteiger partial charge in [-0.25, -0.2) is 13.1 Å². The number of hydrogen-bond acceptors (Lipinski definition) is 6. The molecule has 3 N–H and O–H groups in total. The van der Waals surface area contributed by atoms with E-state index in [9.17, 15) is 18.0 Å². The Morgan fingerprint density at radius 3 is 2.77 bits per heavy atom. The van der Waals surface area contributed by atoms with Gasteiger partial charge in [-0.1, -0.05) is 12.1 Å². The lowest BCUT2D eigenvalue weighted by molar-refractivity contribution is -0.122. The fraction of sp³-hybridized carbons (Fsp3) is 0.143. The normalized spacial score (nSPS) is 15.5. The maximum atomic E-state index is 12.7. The number of anilines is 2. The molecule has 1 atom stereocenters. The molecule has 1 aromatic heterocycles. The van der Waals surface area contributed by atoms with Crippen molar-refractivity contribution in [1.29, 1.82) is 0 Å². The number of fused-ring (bicyclic) bond motifs is 1. The van der Waals surface area contributed by atoms with E-state index >= 15 is 0 Å². The van der Waals surface area contributed by atoms with Gasteiger partial charge in [-0.2, -0.15) is 0 Å². The minimum atomic E-state index is -3.78. The van der Waals surface area contributed by atoms with Crippen LogP contribution in [0.15, 0.2) is 64.9 Å². The molecule has 0 spiro atoms. The second-order valence-electron chi connectivity index (χ2n) is 6.85. The van der Waals surface area contributed by atoms with Crippen molar-refractivity contribution >= 4 is 44.5 Å². The van der Waals surface area contributed by atoms with Crippen molar-refractivity contribution in [2.75, 3.05) is 10.6 Å². The van der Waals surface area contributed by atoms with Crippen LogP contribution in [-0.2, 0) is 21.4 Å². The largest absolute Gasteiger partial charge is 0.479 e. The lowest BCUT2D eigenvalue weighted by Crippen LogP contribution is -2.34. The highest BCUT2D eigenvalue weighted by Gasteiger charge is 2.24. The molecule has 1 unspecified atom stereocenters. The van der Waals surface area contributed by atoms with Crippen LogP contribution < -0.4 is 20.1 Å². The van der Waals surface area contributed by atoms with Gasteiger partial charge in [-0.05, 0) is 54.8 Å². The van der Waals surface area contributed by atoms with Crippen LogP contribution in [-0.4, -0.2) is 26.3 Å². The van der Waals surface area contributed by atoms with Gasteiger partial charge >= 0.3 is 0 Å². The van der Waals surface area contributed by atoms with Crippen molar-refractivity contribution < 1.29 is 22.7 Å². The van der Waals surface area contributed by atoms with Crippen molar-refractivity contribution in [3.8, 4) is 5.75 Å². The lowest BCUT2D eigenvalue weighted by atomic mass is 10.2. The van der Waals surface area contributed by atoms with Gasteiger partial charge in [-0.3, -0.25) is 9.59 Å². The van der Waals surface area contributed by atoms with Crippen molar-refractivity contribution in [2.24, 2.45) is 0 Å². The number of rotatable bonds is 6. The third kappa shape index (κ3) is 4.76. The molecule has 0 saturated carbocycles. The highest BCUT2D eigenvalue weighted by atomic mass is 32.2. The predicted octanol–water partition coefficient (Wildman–Crippen LogP) is 3.20. The van der Waals surface area contributed by atoms with Crippen LogP contribution in [0.5, 0.6) is 5.75 Å². The molecular weight excluding hydrogens is 438 g/mol. The Balaban J connectivity index is 1.48. The summed E-state index contributed by atoms with van der Waals surface area (Å²) < 4.78 is 33.2. The summed E-state index contributed by atoms with van der Waals surface area (Å²) in [5.41, 5.74) is 1.08. The molecule has 4 rings (SSSR count). The predicted molar refractivity (Wildman–Crippen MR) is 118 cm³/mol. The highest BCUT2D eigenvalue weighted by molar-refractivity contribution is 7.89. The zero-order valence-corrected chi connectivity index (χ0v) is 18.0. The first-order valence-corrected chi connectivity index (χ1v) is 11.7. The molecule has 2 aromatic carbocycles. The van der Waals surface area contributed by atoms with Crippen molar-refractivity contribution in [2.45, 2.75) is 24.5 Å². The molecular formula is C21H19N3O5S2. The molecule has 2 amide bonds. The number of amides is 2. The summed E-state index contributed by atoms with van der Waals surface area (Å²) in [6, 6.07) is 14.3. The van der Waals surface area contributed by atoms with Gasteiger partial charge in [-0.15, -0.1) is 11.3 Å². The number of carbonyl (C=O) groups excluding carboxylic acids is 2. The summed E-state index contributed by atoms with van der Waals surface area (Å²) in [5.74, 6) is -0.245. The van der Waals surface area contributed by atoms with Crippen LogP contribution in [0.25, 0.3) is 0 Å². The van der Waals surface area contributed by atoms with E-state index in [1.165, 1.54) is 35.6 Å². The molecule has 10 heteroatoms. The standard InChI is InChI=1S/C21H19N3O5S2/c1-13-20(25)24-18-11-15(7-8-19(18)29-13)23-21(26)14-4-2-6-17(10-14)31(27,28)22-12-16-5-3-9-30-16/h2-11,13,22H,12H2,1H3,(H,23,26)(H,24,25). The van der Waals surface area contributed by atoms with Crippen LogP contribution in [0.3, 0.4) is 0 Å². The zero-order chi connectivity index (χ0) is 22.0. The number of sulfonamides is 1. The molecule has 2 heterocycles. The first-order chi connectivity index (χ1) is 14.8. The van der Waals surface area contributed by atoms with Crippen molar-refractivity contribution in [3.63, 3.8) is 0 Å². The smallest absolute Gasteiger partial charge is 0.265 e. The molecule has 0 fully saturated rings. The number of carbonyl (C=O) groups is 2. The van der Waals surface area contributed by atoms with Crippen molar-refractivity contribution in [1.82, 2.24) is 4.72 Å². The van der Waals surface area contributed by atoms with E-state index < -0.39 is 22.0 Å². The van der Waals surface area contributed by atoms with Crippen LogP contribution in [0.1, 0.15) is 22.2 Å². The minimum absolute atomic E-state index is 0.00296. The van der Waals surface area contributed by atoms with Crippen LogP contribution in [0.2, 0.25) is 0 Å².